The minimum atomic E-state index is -4.11. The SMILES string of the molecule is CCOC(=O)CNC(=O)CN(C)S(=O)(=O)c1ccc2c(c1)c(=O)n(C)c(=O)n2C. The van der Waals surface area contributed by atoms with E-state index >= 15 is 0 Å². The van der Waals surface area contributed by atoms with Crippen LogP contribution in [0, 0.1) is 0 Å². The van der Waals surface area contributed by atoms with E-state index in [2.05, 4.69) is 10.1 Å². The zero-order valence-electron chi connectivity index (χ0n) is 16.5. The molecule has 0 radical (unpaired) electrons. The molecule has 0 aliphatic heterocycles. The average Bonchev–Trinajstić information content (AvgIpc) is 2.68. The number of fused-ring (bicyclic) bond motifs is 1. The van der Waals surface area contributed by atoms with Crippen molar-refractivity contribution >= 4 is 32.8 Å². The topological polar surface area (TPSA) is 137 Å². The number of hydrogen-bond acceptors (Lipinski definition) is 7. The number of benzene rings is 1. The van der Waals surface area contributed by atoms with Gasteiger partial charge in [-0.05, 0) is 25.1 Å². The second-order valence-corrected chi connectivity index (χ2v) is 8.27. The molecule has 2 aromatic rings. The molecule has 1 N–H and O–H groups in total. The Labute approximate surface area is 166 Å². The smallest absolute Gasteiger partial charge is 0.330 e. The molecular formula is C17H22N4O7S. The van der Waals surface area contributed by atoms with Crippen LogP contribution in [0.2, 0.25) is 0 Å². The lowest BCUT2D eigenvalue weighted by Gasteiger charge is -2.17. The maximum absolute atomic E-state index is 12.8. The largest absolute Gasteiger partial charge is 0.465 e. The first-order valence-corrected chi connectivity index (χ1v) is 10.0. The molecule has 0 bridgehead atoms. The van der Waals surface area contributed by atoms with E-state index in [1.807, 2.05) is 0 Å². The zero-order valence-corrected chi connectivity index (χ0v) is 17.3. The molecule has 0 spiro atoms. The van der Waals surface area contributed by atoms with E-state index in [0.29, 0.717) is 0 Å². The van der Waals surface area contributed by atoms with Crippen LogP contribution in [0.25, 0.3) is 10.9 Å². The van der Waals surface area contributed by atoms with Crippen molar-refractivity contribution in [2.45, 2.75) is 11.8 Å². The fraction of sp³-hybridized carbons (Fsp3) is 0.412. The van der Waals surface area contributed by atoms with Gasteiger partial charge in [0, 0.05) is 21.1 Å². The Kier molecular flexibility index (Phi) is 6.59. The van der Waals surface area contributed by atoms with Crippen molar-refractivity contribution in [2.24, 2.45) is 14.1 Å². The number of ether oxygens (including phenoxy) is 1. The van der Waals surface area contributed by atoms with Crippen LogP contribution in [0.15, 0.2) is 32.7 Å². The number of aromatic nitrogens is 2. The Morgan fingerprint density at radius 3 is 2.45 bits per heavy atom. The Bertz CT molecular complexity index is 1180. The fourth-order valence-corrected chi connectivity index (χ4v) is 3.79. The Balaban J connectivity index is 2.29. The summed E-state index contributed by atoms with van der Waals surface area (Å²) in [5.41, 5.74) is -0.879. The van der Waals surface area contributed by atoms with Crippen LogP contribution in [0.3, 0.4) is 0 Å². The summed E-state index contributed by atoms with van der Waals surface area (Å²) in [6.45, 7) is 0.872. The number of carbonyl (C=O) groups excluding carboxylic acids is 2. The van der Waals surface area contributed by atoms with Gasteiger partial charge in [0.05, 0.1) is 29.0 Å². The Morgan fingerprint density at radius 2 is 1.83 bits per heavy atom. The molecular weight excluding hydrogens is 404 g/mol. The standard InChI is InChI=1S/C17H22N4O7S/c1-5-28-15(23)9-18-14(22)10-19(2)29(26,27)11-6-7-13-12(8-11)16(24)21(4)17(25)20(13)3/h6-8H,5,9-10H2,1-4H3,(H,18,22). The second-order valence-electron chi connectivity index (χ2n) is 6.23. The van der Waals surface area contributed by atoms with E-state index in [1.54, 1.807) is 6.92 Å². The molecule has 158 valence electrons. The van der Waals surface area contributed by atoms with Gasteiger partial charge in [-0.3, -0.25) is 23.5 Å². The van der Waals surface area contributed by atoms with Gasteiger partial charge in [-0.2, -0.15) is 4.31 Å². The van der Waals surface area contributed by atoms with Gasteiger partial charge in [-0.1, -0.05) is 0 Å². The van der Waals surface area contributed by atoms with Crippen LogP contribution in [0.4, 0.5) is 0 Å². The molecule has 0 saturated heterocycles. The van der Waals surface area contributed by atoms with Gasteiger partial charge in [0.1, 0.15) is 6.54 Å². The Hall–Kier alpha value is -2.99. The van der Waals surface area contributed by atoms with Gasteiger partial charge >= 0.3 is 11.7 Å². The lowest BCUT2D eigenvalue weighted by atomic mass is 10.2. The number of rotatable bonds is 7. The second kappa shape index (κ2) is 8.57. The third-order valence-electron chi connectivity index (χ3n) is 4.25. The summed E-state index contributed by atoms with van der Waals surface area (Å²) in [5, 5.41) is 2.32. The highest BCUT2D eigenvalue weighted by atomic mass is 32.2. The molecule has 1 heterocycles. The van der Waals surface area contributed by atoms with Crippen LogP contribution < -0.4 is 16.6 Å². The molecule has 0 atom stereocenters. The van der Waals surface area contributed by atoms with Crippen molar-refractivity contribution < 1.29 is 22.7 Å². The van der Waals surface area contributed by atoms with Crippen molar-refractivity contribution in [3.05, 3.63) is 39.0 Å². The van der Waals surface area contributed by atoms with E-state index in [0.717, 1.165) is 8.87 Å². The van der Waals surface area contributed by atoms with Crippen molar-refractivity contribution in [2.75, 3.05) is 26.7 Å². The first-order valence-electron chi connectivity index (χ1n) is 8.59. The average molecular weight is 426 g/mol. The fourth-order valence-electron chi connectivity index (χ4n) is 2.64. The maximum Gasteiger partial charge on any atom is 0.330 e. The number of nitrogens with one attached hydrogen (secondary N) is 1. The summed E-state index contributed by atoms with van der Waals surface area (Å²) in [6, 6.07) is 3.78. The highest BCUT2D eigenvalue weighted by molar-refractivity contribution is 7.89. The van der Waals surface area contributed by atoms with E-state index in [1.165, 1.54) is 43.9 Å². The summed E-state index contributed by atoms with van der Waals surface area (Å²) in [5.74, 6) is -1.33. The van der Waals surface area contributed by atoms with Crippen molar-refractivity contribution in [3.8, 4) is 0 Å². The monoisotopic (exact) mass is 426 g/mol. The van der Waals surface area contributed by atoms with Crippen LogP contribution in [0.5, 0.6) is 0 Å². The molecule has 1 aromatic carbocycles. The first kappa shape index (κ1) is 22.3. The van der Waals surface area contributed by atoms with Gasteiger partial charge in [0.15, 0.2) is 0 Å². The third kappa shape index (κ3) is 4.54. The first-order chi connectivity index (χ1) is 13.5. The number of nitrogens with zero attached hydrogens (tertiary/aromatic N) is 3. The number of esters is 1. The summed E-state index contributed by atoms with van der Waals surface area (Å²) >= 11 is 0. The normalized spacial score (nSPS) is 11.6. The van der Waals surface area contributed by atoms with Gasteiger partial charge in [-0.15, -0.1) is 0 Å². The van der Waals surface area contributed by atoms with E-state index in [4.69, 9.17) is 0 Å². The van der Waals surface area contributed by atoms with Crippen molar-refractivity contribution in [1.29, 1.82) is 0 Å². The summed E-state index contributed by atoms with van der Waals surface area (Å²) in [4.78, 5) is 47.3. The molecule has 0 fully saturated rings. The summed E-state index contributed by atoms with van der Waals surface area (Å²) < 4.78 is 33.1. The van der Waals surface area contributed by atoms with Crippen LogP contribution >= 0.6 is 0 Å². The maximum atomic E-state index is 12.8. The van der Waals surface area contributed by atoms with Gasteiger partial charge in [-0.25, -0.2) is 13.2 Å². The summed E-state index contributed by atoms with van der Waals surface area (Å²) in [7, 11) is -0.142. The van der Waals surface area contributed by atoms with Crippen LogP contribution in [0.1, 0.15) is 6.92 Å². The Morgan fingerprint density at radius 1 is 1.17 bits per heavy atom. The molecule has 11 nitrogen and oxygen atoms in total. The number of hydrogen-bond donors (Lipinski definition) is 1. The van der Waals surface area contributed by atoms with Crippen molar-refractivity contribution in [3.63, 3.8) is 0 Å². The quantitative estimate of drug-likeness (QED) is 0.534. The predicted molar refractivity (Wildman–Crippen MR) is 104 cm³/mol. The van der Waals surface area contributed by atoms with Gasteiger partial charge in [0.2, 0.25) is 15.9 Å². The molecule has 2 rings (SSSR count). The highest BCUT2D eigenvalue weighted by Gasteiger charge is 2.24. The van der Waals surface area contributed by atoms with Crippen LogP contribution in [-0.4, -0.2) is 60.5 Å². The molecule has 0 saturated carbocycles. The molecule has 0 aliphatic rings. The number of sulfonamides is 1. The lowest BCUT2D eigenvalue weighted by Crippen LogP contribution is -2.40. The van der Waals surface area contributed by atoms with Crippen LogP contribution in [-0.2, 0) is 38.4 Å². The lowest BCUT2D eigenvalue weighted by molar-refractivity contribution is -0.143. The van der Waals surface area contributed by atoms with Crippen molar-refractivity contribution in [1.82, 2.24) is 18.8 Å². The number of carbonyl (C=O) groups is 2. The molecule has 1 aromatic heterocycles. The number of aryl methyl sites for hydroxylation is 1. The molecule has 0 unspecified atom stereocenters. The van der Waals surface area contributed by atoms with Gasteiger partial charge < -0.3 is 10.1 Å². The molecule has 1 amide bonds. The molecule has 0 aliphatic carbocycles. The molecule has 12 heteroatoms. The minimum absolute atomic E-state index is 0.0517. The number of amides is 1. The minimum Gasteiger partial charge on any atom is -0.465 e. The van der Waals surface area contributed by atoms with E-state index in [9.17, 15) is 27.6 Å². The predicted octanol–water partition coefficient (Wildman–Crippen LogP) is -1.46. The van der Waals surface area contributed by atoms with E-state index < -0.39 is 39.7 Å². The van der Waals surface area contributed by atoms with Gasteiger partial charge in [0.25, 0.3) is 5.56 Å². The zero-order chi connectivity index (χ0) is 21.9. The highest BCUT2D eigenvalue weighted by Crippen LogP contribution is 2.18. The summed E-state index contributed by atoms with van der Waals surface area (Å²) in [6.07, 6.45) is 0. The number of likely N-dealkylation sites (N-methyl/N-ethyl adjacent to an activating group) is 1. The third-order valence-corrected chi connectivity index (χ3v) is 6.05. The molecule has 29 heavy (non-hydrogen) atoms. The van der Waals surface area contributed by atoms with E-state index in [-0.39, 0.29) is 29.0 Å².